The van der Waals surface area contributed by atoms with Crippen molar-refractivity contribution in [3.05, 3.63) is 48.0 Å². The van der Waals surface area contributed by atoms with Crippen LogP contribution in [0, 0.1) is 0 Å². The van der Waals surface area contributed by atoms with E-state index in [9.17, 15) is 4.79 Å². The van der Waals surface area contributed by atoms with Crippen LogP contribution in [0.3, 0.4) is 0 Å². The van der Waals surface area contributed by atoms with Gasteiger partial charge in [0.05, 0.1) is 11.4 Å². The molecule has 0 aliphatic carbocycles. The van der Waals surface area contributed by atoms with Gasteiger partial charge in [0.1, 0.15) is 5.84 Å². The number of fused-ring (bicyclic) bond motifs is 2. The monoisotopic (exact) mass is 234 g/mol. The van der Waals surface area contributed by atoms with Crippen LogP contribution < -0.4 is 4.90 Å². The SMILES string of the molecule is CC1=CC(=O)N2C1=Nc1cccc3cccc2c13. The summed E-state index contributed by atoms with van der Waals surface area (Å²) in [6.45, 7) is 1.92. The van der Waals surface area contributed by atoms with Crippen molar-refractivity contribution in [2.24, 2.45) is 4.99 Å². The molecule has 2 aliphatic rings. The van der Waals surface area contributed by atoms with E-state index < -0.39 is 0 Å². The zero-order valence-electron chi connectivity index (χ0n) is 9.84. The lowest BCUT2D eigenvalue weighted by Gasteiger charge is -2.25. The van der Waals surface area contributed by atoms with Gasteiger partial charge in [-0.1, -0.05) is 24.3 Å². The molecule has 4 rings (SSSR count). The lowest BCUT2D eigenvalue weighted by atomic mass is 10.0. The Hall–Kier alpha value is -2.42. The van der Waals surface area contributed by atoms with Crippen molar-refractivity contribution in [3.63, 3.8) is 0 Å². The quantitative estimate of drug-likeness (QED) is 0.689. The Morgan fingerprint density at radius 2 is 1.89 bits per heavy atom. The minimum atomic E-state index is -0.00625. The fourth-order valence-electron chi connectivity index (χ4n) is 2.66. The van der Waals surface area contributed by atoms with Crippen LogP contribution in [0.5, 0.6) is 0 Å². The van der Waals surface area contributed by atoms with Gasteiger partial charge in [0.15, 0.2) is 0 Å². The Balaban J connectivity index is 2.15. The molecular weight excluding hydrogens is 224 g/mol. The Morgan fingerprint density at radius 1 is 1.11 bits per heavy atom. The first-order valence-electron chi connectivity index (χ1n) is 5.89. The van der Waals surface area contributed by atoms with Crippen LogP contribution >= 0.6 is 0 Å². The van der Waals surface area contributed by atoms with Crippen LogP contribution in [-0.2, 0) is 4.79 Å². The molecule has 1 amide bonds. The first-order valence-corrected chi connectivity index (χ1v) is 5.89. The molecule has 0 saturated carbocycles. The average Bonchev–Trinajstić information content (AvgIpc) is 2.66. The summed E-state index contributed by atoms with van der Waals surface area (Å²) >= 11 is 0. The third kappa shape index (κ3) is 1.03. The number of amidine groups is 1. The Kier molecular flexibility index (Phi) is 1.64. The van der Waals surface area contributed by atoms with Gasteiger partial charge in [-0.05, 0) is 30.0 Å². The number of benzene rings is 2. The maximum atomic E-state index is 12.0. The second kappa shape index (κ2) is 3.07. The van der Waals surface area contributed by atoms with E-state index in [4.69, 9.17) is 0 Å². The number of hydrogen-bond acceptors (Lipinski definition) is 2. The van der Waals surface area contributed by atoms with Gasteiger partial charge in [-0.3, -0.25) is 9.69 Å². The largest absolute Gasteiger partial charge is 0.269 e. The minimum absolute atomic E-state index is 0.00625. The van der Waals surface area contributed by atoms with E-state index in [0.29, 0.717) is 0 Å². The van der Waals surface area contributed by atoms with Crippen molar-refractivity contribution in [2.45, 2.75) is 6.92 Å². The summed E-state index contributed by atoms with van der Waals surface area (Å²) in [5, 5.41) is 2.17. The Morgan fingerprint density at radius 3 is 2.72 bits per heavy atom. The summed E-state index contributed by atoms with van der Waals surface area (Å²) in [6.07, 6.45) is 1.64. The fraction of sp³-hybridized carbons (Fsp3) is 0.0667. The number of amides is 1. The van der Waals surface area contributed by atoms with Crippen LogP contribution in [0.15, 0.2) is 53.0 Å². The second-order valence-electron chi connectivity index (χ2n) is 4.59. The molecule has 3 heteroatoms. The van der Waals surface area contributed by atoms with Crippen molar-refractivity contribution in [2.75, 3.05) is 4.90 Å². The third-order valence-corrected chi connectivity index (χ3v) is 3.45. The number of carbonyl (C=O) groups is 1. The maximum Gasteiger partial charge on any atom is 0.257 e. The normalized spacial score (nSPS) is 16.7. The highest BCUT2D eigenvalue weighted by molar-refractivity contribution is 6.36. The first-order chi connectivity index (χ1) is 8.75. The topological polar surface area (TPSA) is 32.7 Å². The molecule has 3 nitrogen and oxygen atoms in total. The third-order valence-electron chi connectivity index (χ3n) is 3.45. The molecule has 86 valence electrons. The standard InChI is InChI=1S/C15H10N2O/c1-9-8-13(18)17-12-7-3-5-10-4-2-6-11(14(10)12)16-15(9)17/h2-8H,1H3. The molecule has 18 heavy (non-hydrogen) atoms. The van der Waals surface area contributed by atoms with Crippen LogP contribution in [0.2, 0.25) is 0 Å². The highest BCUT2D eigenvalue weighted by atomic mass is 16.2. The van der Waals surface area contributed by atoms with E-state index in [1.807, 2.05) is 43.3 Å². The van der Waals surface area contributed by atoms with Crippen LogP contribution in [0.4, 0.5) is 11.4 Å². The number of carbonyl (C=O) groups excluding carboxylic acids is 1. The number of aliphatic imine (C=N–C) groups is 1. The molecule has 2 aromatic carbocycles. The lowest BCUT2D eigenvalue weighted by molar-refractivity contribution is -0.113. The molecule has 0 aromatic heterocycles. The summed E-state index contributed by atoms with van der Waals surface area (Å²) in [6, 6.07) is 12.0. The zero-order chi connectivity index (χ0) is 12.3. The van der Waals surface area contributed by atoms with E-state index in [-0.39, 0.29) is 5.91 Å². The van der Waals surface area contributed by atoms with Crippen molar-refractivity contribution in [1.29, 1.82) is 0 Å². The molecule has 0 unspecified atom stereocenters. The molecule has 2 aromatic rings. The molecule has 2 aliphatic heterocycles. The van der Waals surface area contributed by atoms with E-state index >= 15 is 0 Å². The van der Waals surface area contributed by atoms with Crippen molar-refractivity contribution in [1.82, 2.24) is 0 Å². The number of nitrogens with zero attached hydrogens (tertiary/aromatic N) is 2. The summed E-state index contributed by atoms with van der Waals surface area (Å²) in [7, 11) is 0. The van der Waals surface area contributed by atoms with E-state index in [1.165, 1.54) is 0 Å². The summed E-state index contributed by atoms with van der Waals surface area (Å²) < 4.78 is 0. The van der Waals surface area contributed by atoms with Gasteiger partial charge in [0.25, 0.3) is 5.91 Å². The molecule has 0 radical (unpaired) electrons. The molecule has 0 N–H and O–H groups in total. The smallest absolute Gasteiger partial charge is 0.257 e. The van der Waals surface area contributed by atoms with Gasteiger partial charge >= 0.3 is 0 Å². The molecule has 0 fully saturated rings. The predicted molar refractivity (Wildman–Crippen MR) is 72.3 cm³/mol. The van der Waals surface area contributed by atoms with E-state index in [1.54, 1.807) is 11.0 Å². The summed E-state index contributed by atoms with van der Waals surface area (Å²) in [4.78, 5) is 18.3. The van der Waals surface area contributed by atoms with Crippen molar-refractivity contribution in [3.8, 4) is 0 Å². The number of anilines is 1. The highest BCUT2D eigenvalue weighted by Gasteiger charge is 2.32. The van der Waals surface area contributed by atoms with Gasteiger partial charge < -0.3 is 0 Å². The highest BCUT2D eigenvalue weighted by Crippen LogP contribution is 2.41. The summed E-state index contributed by atoms with van der Waals surface area (Å²) in [5.74, 6) is 0.749. The predicted octanol–water partition coefficient (Wildman–Crippen LogP) is 3.18. The van der Waals surface area contributed by atoms with E-state index in [2.05, 4.69) is 4.99 Å². The maximum absolute atomic E-state index is 12.0. The summed E-state index contributed by atoms with van der Waals surface area (Å²) in [5.41, 5.74) is 2.80. The van der Waals surface area contributed by atoms with E-state index in [0.717, 1.165) is 33.6 Å². The van der Waals surface area contributed by atoms with Crippen LogP contribution in [0.25, 0.3) is 10.8 Å². The molecular formula is C15H10N2O. The number of rotatable bonds is 0. The Bertz CT molecular complexity index is 766. The number of hydrogen-bond donors (Lipinski definition) is 0. The molecule has 0 atom stereocenters. The van der Waals surface area contributed by atoms with Crippen LogP contribution in [0.1, 0.15) is 6.92 Å². The average molecular weight is 234 g/mol. The van der Waals surface area contributed by atoms with Gasteiger partial charge in [-0.25, -0.2) is 4.99 Å². The lowest BCUT2D eigenvalue weighted by Crippen LogP contribution is -2.32. The fourth-order valence-corrected chi connectivity index (χ4v) is 2.66. The van der Waals surface area contributed by atoms with Crippen LogP contribution in [-0.4, -0.2) is 11.7 Å². The minimum Gasteiger partial charge on any atom is -0.269 e. The Labute approximate surface area is 104 Å². The van der Waals surface area contributed by atoms with Gasteiger partial charge in [-0.2, -0.15) is 0 Å². The van der Waals surface area contributed by atoms with Gasteiger partial charge in [0, 0.05) is 11.5 Å². The molecule has 2 heterocycles. The van der Waals surface area contributed by atoms with Crippen molar-refractivity contribution >= 4 is 33.9 Å². The second-order valence-corrected chi connectivity index (χ2v) is 4.59. The van der Waals surface area contributed by atoms with Gasteiger partial charge in [-0.15, -0.1) is 0 Å². The zero-order valence-corrected chi connectivity index (χ0v) is 9.84. The van der Waals surface area contributed by atoms with Gasteiger partial charge in [0.2, 0.25) is 0 Å². The molecule has 0 saturated heterocycles. The first kappa shape index (κ1) is 9.59. The molecule has 0 bridgehead atoms. The molecule has 0 spiro atoms. The van der Waals surface area contributed by atoms with Crippen molar-refractivity contribution < 1.29 is 4.79 Å².